The lowest BCUT2D eigenvalue weighted by Gasteiger charge is -2.03. The molecule has 74 valence electrons. The van der Waals surface area contributed by atoms with E-state index in [1.165, 1.54) is 0 Å². The highest BCUT2D eigenvalue weighted by Gasteiger charge is 2.03. The molecule has 1 aromatic carbocycles. The van der Waals surface area contributed by atoms with Crippen LogP contribution in [0.15, 0.2) is 24.3 Å². The third-order valence-electron chi connectivity index (χ3n) is 2.17. The Hall–Kier alpha value is -2.28. The molecule has 2 aromatic rings. The van der Waals surface area contributed by atoms with E-state index in [1.807, 2.05) is 18.2 Å². The lowest BCUT2D eigenvalue weighted by atomic mass is 10.1. The smallest absolute Gasteiger partial charge is 0.142 e. The molecule has 1 heterocycles. The van der Waals surface area contributed by atoms with E-state index < -0.39 is 0 Å². The summed E-state index contributed by atoms with van der Waals surface area (Å²) in [7, 11) is 1.59. The number of anilines is 1. The molecule has 0 fully saturated rings. The second-order valence-electron chi connectivity index (χ2n) is 3.09. The van der Waals surface area contributed by atoms with Gasteiger partial charge in [0, 0.05) is 5.39 Å². The minimum Gasteiger partial charge on any atom is -0.497 e. The first-order valence-electron chi connectivity index (χ1n) is 4.39. The molecule has 0 atom stereocenters. The molecular formula is C11H9N3O. The molecule has 0 aliphatic rings. The van der Waals surface area contributed by atoms with Crippen LogP contribution in [-0.2, 0) is 0 Å². The van der Waals surface area contributed by atoms with Gasteiger partial charge in [0.1, 0.15) is 17.6 Å². The standard InChI is InChI=1S/C11H9N3O/c1-15-9-2-3-10-7(5-9)4-8(6-12)11(13)14-10/h2-5H,1H3,(H2,13,14). The number of methoxy groups -OCH3 is 1. The maximum atomic E-state index is 8.80. The maximum Gasteiger partial charge on any atom is 0.142 e. The van der Waals surface area contributed by atoms with Gasteiger partial charge in [0.05, 0.1) is 18.2 Å². The Balaban J connectivity index is 2.72. The van der Waals surface area contributed by atoms with Gasteiger partial charge in [-0.15, -0.1) is 0 Å². The number of nitrogens with two attached hydrogens (primary N) is 1. The topological polar surface area (TPSA) is 71.9 Å². The van der Waals surface area contributed by atoms with Crippen molar-refractivity contribution in [3.8, 4) is 11.8 Å². The largest absolute Gasteiger partial charge is 0.497 e. The van der Waals surface area contributed by atoms with Crippen molar-refractivity contribution < 1.29 is 4.74 Å². The van der Waals surface area contributed by atoms with Gasteiger partial charge >= 0.3 is 0 Å². The van der Waals surface area contributed by atoms with E-state index >= 15 is 0 Å². The highest BCUT2D eigenvalue weighted by atomic mass is 16.5. The molecule has 0 aliphatic heterocycles. The van der Waals surface area contributed by atoms with Crippen molar-refractivity contribution in [1.82, 2.24) is 4.98 Å². The van der Waals surface area contributed by atoms with Gasteiger partial charge in [-0.25, -0.2) is 4.98 Å². The number of nitrogen functional groups attached to an aromatic ring is 1. The lowest BCUT2D eigenvalue weighted by molar-refractivity contribution is 0.415. The molecule has 4 nitrogen and oxygen atoms in total. The molecule has 15 heavy (non-hydrogen) atoms. The van der Waals surface area contributed by atoms with Crippen LogP contribution in [0.1, 0.15) is 5.56 Å². The van der Waals surface area contributed by atoms with Crippen LogP contribution in [0.5, 0.6) is 5.75 Å². The molecule has 0 bridgehead atoms. The van der Waals surface area contributed by atoms with E-state index in [4.69, 9.17) is 15.7 Å². The van der Waals surface area contributed by atoms with Gasteiger partial charge < -0.3 is 10.5 Å². The summed E-state index contributed by atoms with van der Waals surface area (Å²) in [5.41, 5.74) is 6.74. The fourth-order valence-electron chi connectivity index (χ4n) is 1.39. The van der Waals surface area contributed by atoms with E-state index in [-0.39, 0.29) is 5.82 Å². The predicted octanol–water partition coefficient (Wildman–Crippen LogP) is 1.70. The van der Waals surface area contributed by atoms with Crippen molar-refractivity contribution in [2.24, 2.45) is 0 Å². The lowest BCUT2D eigenvalue weighted by Crippen LogP contribution is -1.95. The molecule has 4 heteroatoms. The van der Waals surface area contributed by atoms with E-state index in [9.17, 15) is 0 Å². The van der Waals surface area contributed by atoms with Crippen LogP contribution in [0.3, 0.4) is 0 Å². The van der Waals surface area contributed by atoms with Gasteiger partial charge in [-0.1, -0.05) is 0 Å². The van der Waals surface area contributed by atoms with Crippen molar-refractivity contribution >= 4 is 16.7 Å². The van der Waals surface area contributed by atoms with E-state index in [2.05, 4.69) is 4.98 Å². The van der Waals surface area contributed by atoms with Crippen LogP contribution in [0, 0.1) is 11.3 Å². The Morgan fingerprint density at radius 2 is 2.20 bits per heavy atom. The number of fused-ring (bicyclic) bond motifs is 1. The molecule has 1 aromatic heterocycles. The van der Waals surface area contributed by atoms with Crippen molar-refractivity contribution in [3.05, 3.63) is 29.8 Å². The molecule has 0 spiro atoms. The summed E-state index contributed by atoms with van der Waals surface area (Å²) < 4.78 is 5.08. The SMILES string of the molecule is COc1ccc2nc(N)c(C#N)cc2c1. The van der Waals surface area contributed by atoms with Gasteiger partial charge in [-0.2, -0.15) is 5.26 Å². The molecule has 2 N–H and O–H groups in total. The number of pyridine rings is 1. The summed E-state index contributed by atoms with van der Waals surface area (Å²) in [5.74, 6) is 0.994. The first kappa shape index (κ1) is 9.28. The van der Waals surface area contributed by atoms with E-state index in [0.717, 1.165) is 16.7 Å². The van der Waals surface area contributed by atoms with Crippen LogP contribution in [-0.4, -0.2) is 12.1 Å². The number of hydrogen-bond donors (Lipinski definition) is 1. The zero-order valence-corrected chi connectivity index (χ0v) is 8.19. The summed E-state index contributed by atoms with van der Waals surface area (Å²) in [5, 5.41) is 9.65. The number of ether oxygens (including phenoxy) is 1. The van der Waals surface area contributed by atoms with E-state index in [1.54, 1.807) is 19.2 Å². The third kappa shape index (κ3) is 1.55. The van der Waals surface area contributed by atoms with Crippen LogP contribution in [0.4, 0.5) is 5.82 Å². The first-order chi connectivity index (χ1) is 7.24. The fourth-order valence-corrected chi connectivity index (χ4v) is 1.39. The zero-order chi connectivity index (χ0) is 10.8. The molecule has 0 saturated heterocycles. The second kappa shape index (κ2) is 3.46. The van der Waals surface area contributed by atoms with Gasteiger partial charge in [-0.05, 0) is 24.3 Å². The number of nitrogens with zero attached hydrogens (tertiary/aromatic N) is 2. The van der Waals surface area contributed by atoms with E-state index in [0.29, 0.717) is 5.56 Å². The van der Waals surface area contributed by atoms with Gasteiger partial charge in [-0.3, -0.25) is 0 Å². The number of rotatable bonds is 1. The average molecular weight is 199 g/mol. The molecule has 0 unspecified atom stereocenters. The van der Waals surface area contributed by atoms with Gasteiger partial charge in [0.25, 0.3) is 0 Å². The second-order valence-corrected chi connectivity index (χ2v) is 3.09. The number of nitriles is 1. The Kier molecular flexibility index (Phi) is 2.14. The van der Waals surface area contributed by atoms with Gasteiger partial charge in [0.2, 0.25) is 0 Å². The normalized spacial score (nSPS) is 9.87. The summed E-state index contributed by atoms with van der Waals surface area (Å²) in [6.45, 7) is 0. The fraction of sp³-hybridized carbons (Fsp3) is 0.0909. The van der Waals surface area contributed by atoms with Crippen LogP contribution in [0.25, 0.3) is 10.9 Å². The number of aromatic nitrogens is 1. The van der Waals surface area contributed by atoms with Crippen molar-refractivity contribution in [1.29, 1.82) is 5.26 Å². The predicted molar refractivity (Wildman–Crippen MR) is 57.4 cm³/mol. The summed E-state index contributed by atoms with van der Waals surface area (Å²) in [6.07, 6.45) is 0. The highest BCUT2D eigenvalue weighted by Crippen LogP contribution is 2.22. The zero-order valence-electron chi connectivity index (χ0n) is 8.19. The monoisotopic (exact) mass is 199 g/mol. The Labute approximate surface area is 86.9 Å². The number of hydrogen-bond acceptors (Lipinski definition) is 4. The third-order valence-corrected chi connectivity index (χ3v) is 2.17. The van der Waals surface area contributed by atoms with Crippen LogP contribution < -0.4 is 10.5 Å². The minimum atomic E-state index is 0.259. The molecule has 0 aliphatic carbocycles. The first-order valence-corrected chi connectivity index (χ1v) is 4.39. The summed E-state index contributed by atoms with van der Waals surface area (Å²) >= 11 is 0. The highest BCUT2D eigenvalue weighted by molar-refractivity contribution is 5.83. The van der Waals surface area contributed by atoms with Crippen molar-refractivity contribution in [3.63, 3.8) is 0 Å². The van der Waals surface area contributed by atoms with Crippen molar-refractivity contribution in [2.45, 2.75) is 0 Å². The summed E-state index contributed by atoms with van der Waals surface area (Å²) in [6, 6.07) is 9.14. The quantitative estimate of drug-likeness (QED) is 0.758. The molecule has 0 amide bonds. The molecule has 0 saturated carbocycles. The van der Waals surface area contributed by atoms with Crippen molar-refractivity contribution in [2.75, 3.05) is 12.8 Å². The molecule has 2 rings (SSSR count). The van der Waals surface area contributed by atoms with Crippen LogP contribution >= 0.6 is 0 Å². The van der Waals surface area contributed by atoms with Gasteiger partial charge in [0.15, 0.2) is 0 Å². The van der Waals surface area contributed by atoms with Crippen LogP contribution in [0.2, 0.25) is 0 Å². The maximum absolute atomic E-state index is 8.80. The molecular weight excluding hydrogens is 190 g/mol. The molecule has 0 radical (unpaired) electrons. The Bertz CT molecular complexity index is 557. The minimum absolute atomic E-state index is 0.259. The Morgan fingerprint density at radius 1 is 1.40 bits per heavy atom. The summed E-state index contributed by atoms with van der Waals surface area (Å²) in [4.78, 5) is 4.12. The average Bonchev–Trinajstić information content (AvgIpc) is 2.27. The number of benzene rings is 1. The Morgan fingerprint density at radius 3 is 2.87 bits per heavy atom.